The average molecular weight is 339 g/mol. The number of hydrogen-bond donors (Lipinski definition) is 1. The average Bonchev–Trinajstić information content (AvgIpc) is 2.65. The van der Waals surface area contributed by atoms with E-state index < -0.39 is 0 Å². The second kappa shape index (κ2) is 6.36. The van der Waals surface area contributed by atoms with Crippen molar-refractivity contribution in [3.8, 4) is 11.5 Å². The number of ether oxygens (including phenoxy) is 2. The molecule has 132 valence electrons. The third-order valence-corrected chi connectivity index (χ3v) is 5.80. The fourth-order valence-corrected chi connectivity index (χ4v) is 4.50. The third-order valence-electron chi connectivity index (χ3n) is 5.80. The number of aliphatic hydroxyl groups excluding tert-OH is 1. The van der Waals surface area contributed by atoms with Crippen LogP contribution in [0.15, 0.2) is 30.3 Å². The quantitative estimate of drug-likeness (QED) is 0.932. The summed E-state index contributed by atoms with van der Waals surface area (Å²) >= 11 is 0. The van der Waals surface area contributed by atoms with Gasteiger partial charge in [-0.25, -0.2) is 0 Å². The van der Waals surface area contributed by atoms with Crippen LogP contribution in [0, 0.1) is 0 Å². The smallest absolute Gasteiger partial charge is 0.124 e. The van der Waals surface area contributed by atoms with Gasteiger partial charge in [-0.15, -0.1) is 0 Å². The summed E-state index contributed by atoms with van der Waals surface area (Å²) in [5, 5.41) is 9.91. The maximum absolute atomic E-state index is 9.91. The van der Waals surface area contributed by atoms with E-state index in [0.29, 0.717) is 12.1 Å². The van der Waals surface area contributed by atoms with E-state index in [-0.39, 0.29) is 6.61 Å². The number of rotatable bonds is 3. The summed E-state index contributed by atoms with van der Waals surface area (Å²) in [6.45, 7) is 3.24. The molecule has 0 fully saturated rings. The summed E-state index contributed by atoms with van der Waals surface area (Å²) in [4.78, 5) is 2.59. The standard InChI is InChI=1S/C21H25NO3/c1-13-8-15-9-16(24-2)5-6-17(15)20-10-18-14(11-22(13)20)4-7-21(25-3)19(18)12-23/h4-7,9,13,20,23H,8,10-12H2,1-3H3. The lowest BCUT2D eigenvalue weighted by Crippen LogP contribution is -2.45. The summed E-state index contributed by atoms with van der Waals surface area (Å²) < 4.78 is 10.9. The first-order valence-electron chi connectivity index (χ1n) is 8.87. The van der Waals surface area contributed by atoms with E-state index in [1.54, 1.807) is 14.2 Å². The molecule has 2 aromatic rings. The fraction of sp³-hybridized carbons (Fsp3) is 0.429. The first kappa shape index (κ1) is 16.4. The summed E-state index contributed by atoms with van der Waals surface area (Å²) in [6.07, 6.45) is 1.95. The van der Waals surface area contributed by atoms with Gasteiger partial charge in [-0.2, -0.15) is 0 Å². The molecule has 2 aromatic carbocycles. The molecular formula is C21H25NO3. The van der Waals surface area contributed by atoms with Gasteiger partial charge in [0.2, 0.25) is 0 Å². The molecule has 0 spiro atoms. The van der Waals surface area contributed by atoms with Crippen molar-refractivity contribution in [1.82, 2.24) is 4.90 Å². The Balaban J connectivity index is 1.80. The van der Waals surface area contributed by atoms with E-state index in [4.69, 9.17) is 9.47 Å². The highest BCUT2D eigenvalue weighted by molar-refractivity contribution is 5.49. The van der Waals surface area contributed by atoms with Gasteiger partial charge in [0.1, 0.15) is 11.5 Å². The molecule has 4 nitrogen and oxygen atoms in total. The maximum Gasteiger partial charge on any atom is 0.124 e. The van der Waals surface area contributed by atoms with Gasteiger partial charge in [0.05, 0.1) is 20.8 Å². The highest BCUT2D eigenvalue weighted by Crippen LogP contribution is 2.43. The molecule has 0 aromatic heterocycles. The predicted molar refractivity (Wildman–Crippen MR) is 97.1 cm³/mol. The Bertz CT molecular complexity index is 802. The van der Waals surface area contributed by atoms with E-state index in [1.165, 1.54) is 22.3 Å². The molecule has 2 unspecified atom stereocenters. The first-order chi connectivity index (χ1) is 12.2. The van der Waals surface area contributed by atoms with Gasteiger partial charge in [-0.1, -0.05) is 12.1 Å². The van der Waals surface area contributed by atoms with Crippen molar-refractivity contribution in [2.24, 2.45) is 0 Å². The summed E-state index contributed by atoms with van der Waals surface area (Å²) in [5.74, 6) is 1.71. The minimum absolute atomic E-state index is 0.0179. The molecule has 0 amide bonds. The molecular weight excluding hydrogens is 314 g/mol. The van der Waals surface area contributed by atoms with E-state index in [1.807, 2.05) is 6.07 Å². The number of aliphatic hydroxyl groups is 1. The van der Waals surface area contributed by atoms with Crippen LogP contribution in [0.1, 0.15) is 40.8 Å². The molecule has 0 bridgehead atoms. The molecule has 2 heterocycles. The van der Waals surface area contributed by atoms with Crippen LogP contribution in [0.3, 0.4) is 0 Å². The summed E-state index contributed by atoms with van der Waals surface area (Å²) in [7, 11) is 3.39. The molecule has 2 aliphatic heterocycles. The summed E-state index contributed by atoms with van der Waals surface area (Å²) in [5.41, 5.74) is 6.26. The second-order valence-electron chi connectivity index (χ2n) is 7.05. The second-order valence-corrected chi connectivity index (χ2v) is 7.05. The number of methoxy groups -OCH3 is 2. The van der Waals surface area contributed by atoms with Crippen LogP contribution < -0.4 is 9.47 Å². The number of benzene rings is 2. The minimum atomic E-state index is 0.0179. The van der Waals surface area contributed by atoms with Crippen LogP contribution in [0.25, 0.3) is 0 Å². The topological polar surface area (TPSA) is 41.9 Å². The number of fused-ring (bicyclic) bond motifs is 4. The molecule has 4 rings (SSSR count). The Labute approximate surface area is 149 Å². The monoisotopic (exact) mass is 339 g/mol. The lowest BCUT2D eigenvalue weighted by Gasteiger charge is -2.46. The fourth-order valence-electron chi connectivity index (χ4n) is 4.50. The number of hydrogen-bond acceptors (Lipinski definition) is 4. The van der Waals surface area contributed by atoms with Crippen LogP contribution in [-0.4, -0.2) is 30.3 Å². The van der Waals surface area contributed by atoms with E-state index in [2.05, 4.69) is 36.1 Å². The van der Waals surface area contributed by atoms with Crippen molar-refractivity contribution in [1.29, 1.82) is 0 Å². The van der Waals surface area contributed by atoms with Gasteiger partial charge < -0.3 is 14.6 Å². The third kappa shape index (κ3) is 2.60. The van der Waals surface area contributed by atoms with Gasteiger partial charge in [-0.3, -0.25) is 4.90 Å². The Morgan fingerprint density at radius 3 is 2.64 bits per heavy atom. The Hall–Kier alpha value is -2.04. The van der Waals surface area contributed by atoms with Crippen molar-refractivity contribution in [3.63, 3.8) is 0 Å². The van der Waals surface area contributed by atoms with Gasteiger partial charge in [-0.05, 0) is 60.2 Å². The summed E-state index contributed by atoms with van der Waals surface area (Å²) in [6, 6.07) is 11.4. The molecule has 1 N–H and O–H groups in total. The molecule has 0 saturated carbocycles. The lowest BCUT2D eigenvalue weighted by molar-refractivity contribution is 0.105. The molecule has 0 radical (unpaired) electrons. The van der Waals surface area contributed by atoms with Crippen LogP contribution in [0.2, 0.25) is 0 Å². The van der Waals surface area contributed by atoms with Crippen molar-refractivity contribution < 1.29 is 14.6 Å². The zero-order valence-corrected chi connectivity index (χ0v) is 15.1. The van der Waals surface area contributed by atoms with Crippen LogP contribution in [-0.2, 0) is 26.0 Å². The molecule has 4 heteroatoms. The van der Waals surface area contributed by atoms with Gasteiger partial charge in [0, 0.05) is 24.2 Å². The Morgan fingerprint density at radius 1 is 1.08 bits per heavy atom. The van der Waals surface area contributed by atoms with E-state index >= 15 is 0 Å². The molecule has 25 heavy (non-hydrogen) atoms. The Kier molecular flexibility index (Phi) is 4.18. The van der Waals surface area contributed by atoms with Crippen molar-refractivity contribution >= 4 is 0 Å². The lowest BCUT2D eigenvalue weighted by atomic mass is 9.80. The first-order valence-corrected chi connectivity index (χ1v) is 8.87. The van der Waals surface area contributed by atoms with Gasteiger partial charge >= 0.3 is 0 Å². The highest BCUT2D eigenvalue weighted by atomic mass is 16.5. The zero-order chi connectivity index (χ0) is 17.6. The van der Waals surface area contributed by atoms with Crippen LogP contribution in [0.4, 0.5) is 0 Å². The predicted octanol–water partition coefficient (Wildman–Crippen LogP) is 3.24. The SMILES string of the molecule is COc1ccc2c(c1)CC(C)N1Cc3ccc(OC)c(CO)c3CC21. The van der Waals surface area contributed by atoms with Crippen molar-refractivity contribution in [3.05, 3.63) is 58.1 Å². The van der Waals surface area contributed by atoms with Gasteiger partial charge in [0.25, 0.3) is 0 Å². The molecule has 0 aliphatic carbocycles. The highest BCUT2D eigenvalue weighted by Gasteiger charge is 2.37. The largest absolute Gasteiger partial charge is 0.497 e. The maximum atomic E-state index is 9.91. The van der Waals surface area contributed by atoms with Gasteiger partial charge in [0.15, 0.2) is 0 Å². The normalized spacial score (nSPS) is 21.9. The molecule has 0 saturated heterocycles. The zero-order valence-electron chi connectivity index (χ0n) is 15.1. The van der Waals surface area contributed by atoms with E-state index in [9.17, 15) is 5.11 Å². The van der Waals surface area contributed by atoms with Crippen LogP contribution in [0.5, 0.6) is 11.5 Å². The van der Waals surface area contributed by atoms with Crippen LogP contribution >= 0.6 is 0 Å². The molecule has 2 atom stereocenters. The van der Waals surface area contributed by atoms with Crippen molar-refractivity contribution in [2.75, 3.05) is 14.2 Å². The van der Waals surface area contributed by atoms with Crippen molar-refractivity contribution in [2.45, 2.75) is 45.0 Å². The number of nitrogens with zero attached hydrogens (tertiary/aromatic N) is 1. The molecule has 2 aliphatic rings. The Morgan fingerprint density at radius 2 is 1.92 bits per heavy atom. The van der Waals surface area contributed by atoms with E-state index in [0.717, 1.165) is 36.4 Å². The minimum Gasteiger partial charge on any atom is -0.497 e.